The molecule has 0 atom stereocenters. The van der Waals surface area contributed by atoms with Gasteiger partial charge in [0.25, 0.3) is 0 Å². The summed E-state index contributed by atoms with van der Waals surface area (Å²) in [6.07, 6.45) is 5.62. The Hall–Kier alpha value is -6.69. The van der Waals surface area contributed by atoms with Crippen molar-refractivity contribution in [2.75, 3.05) is 54.2 Å². The van der Waals surface area contributed by atoms with Crippen molar-refractivity contribution in [1.82, 2.24) is 42.5 Å². The van der Waals surface area contributed by atoms with Crippen LogP contribution in [-0.4, -0.2) is 118 Å². The largest absolute Gasteiger partial charge is 0.461 e. The van der Waals surface area contributed by atoms with E-state index in [4.69, 9.17) is 31.4 Å². The van der Waals surface area contributed by atoms with Crippen LogP contribution in [0.5, 0.6) is 0 Å². The quantitative estimate of drug-likeness (QED) is 0.0384. The Morgan fingerprint density at radius 3 is 0.913 bits per heavy atom. The molecule has 30 heteroatoms. The lowest BCUT2D eigenvalue weighted by Crippen LogP contribution is -2.54. The molecule has 6 N–H and O–H groups in total. The number of rotatable bonds is 30. The first kappa shape index (κ1) is 54.9. The summed E-state index contributed by atoms with van der Waals surface area (Å²) in [5, 5.41) is 11.8. The van der Waals surface area contributed by atoms with Gasteiger partial charge >= 0.3 is 53.1 Å². The predicted molar refractivity (Wildman–Crippen MR) is 253 cm³/mol. The zero-order valence-electron chi connectivity index (χ0n) is 38.6. The Bertz CT molecular complexity index is 2250. The van der Waals surface area contributed by atoms with Gasteiger partial charge < -0.3 is 31.4 Å². The third kappa shape index (κ3) is 15.2. The fraction of sp³-hybridized carbons (Fsp3) is 0.615. The van der Waals surface area contributed by atoms with Crippen molar-refractivity contribution in [2.24, 2.45) is 17.2 Å². The maximum Gasteiger partial charge on any atom is 0.362 e. The van der Waals surface area contributed by atoms with Crippen molar-refractivity contribution in [3.05, 3.63) is 48.5 Å². The summed E-state index contributed by atoms with van der Waals surface area (Å²) in [5.74, 6) is -2.21. The average molecular weight is 1020 g/mol. The molecular weight excluding hydrogens is 967 g/mol. The maximum absolute atomic E-state index is 13.8. The molecule has 27 nitrogen and oxygen atoms in total. The minimum atomic E-state index is -0.808. The standard InChI is InChI=1S/C39H57N15O12S3/c1-4-64-31(55)25-28(67-46-43-25)49(34(40)58)19-13-7-10-16-22-52-37(61)53(23-17-11-8-14-20-50(35(41)59)29-26(44-47-68-29)32(56)65-5-2)39(63)54(38(52)62)24-18-12-9-15-21-51(36(42)60)30-27(45-48-69-30)33(57)66-6-3/h4-24H2,1-3H3,(H2,40,58)(H2,41,59)(H2,42,60). The normalized spacial score (nSPS) is 11.0. The van der Waals surface area contributed by atoms with Gasteiger partial charge in [-0.15, -0.1) is 15.3 Å². The van der Waals surface area contributed by atoms with Gasteiger partial charge in [-0.25, -0.2) is 56.9 Å². The number of nitrogens with zero attached hydrogens (tertiary/aromatic N) is 12. The van der Waals surface area contributed by atoms with Crippen LogP contribution in [0, 0.1) is 0 Å². The van der Waals surface area contributed by atoms with Crippen LogP contribution in [0.15, 0.2) is 14.4 Å². The number of esters is 3. The zero-order chi connectivity index (χ0) is 50.5. The van der Waals surface area contributed by atoms with E-state index in [1.54, 1.807) is 20.8 Å². The monoisotopic (exact) mass is 1020 g/mol. The summed E-state index contributed by atoms with van der Waals surface area (Å²) in [4.78, 5) is 119. The summed E-state index contributed by atoms with van der Waals surface area (Å²) >= 11 is 2.48. The second-order valence-electron chi connectivity index (χ2n) is 15.0. The number of ether oxygens (including phenoxy) is 3. The van der Waals surface area contributed by atoms with Crippen molar-refractivity contribution in [1.29, 1.82) is 0 Å². The number of carbonyl (C=O) groups excluding carboxylic acids is 6. The van der Waals surface area contributed by atoms with Crippen LogP contribution in [0.4, 0.5) is 29.4 Å². The molecule has 0 bridgehead atoms. The second kappa shape index (κ2) is 28.0. The second-order valence-corrected chi connectivity index (χ2v) is 17.2. The highest BCUT2D eigenvalue weighted by atomic mass is 32.1. The van der Waals surface area contributed by atoms with Gasteiger partial charge in [0, 0.05) is 73.9 Å². The van der Waals surface area contributed by atoms with Crippen molar-refractivity contribution in [3.8, 4) is 0 Å². The summed E-state index contributed by atoms with van der Waals surface area (Å²) in [7, 11) is 0. The highest BCUT2D eigenvalue weighted by molar-refractivity contribution is 7.11. The highest BCUT2D eigenvalue weighted by Crippen LogP contribution is 2.27. The van der Waals surface area contributed by atoms with Gasteiger partial charge in [-0.3, -0.25) is 14.7 Å². The SMILES string of the molecule is CCOC(=O)c1nnsc1N(CCCCCCn1c(=O)n(CCCCCCN(C(N)=O)c2snnc2C(=O)OCC)c(=O)n(CCCCCCN(C(N)=O)c2snnc2C(=O)OCC)c1=O)C(N)=O. The zero-order valence-corrected chi connectivity index (χ0v) is 41.0. The summed E-state index contributed by atoms with van der Waals surface area (Å²) in [6, 6.07) is -2.42. The van der Waals surface area contributed by atoms with Crippen molar-refractivity contribution in [3.63, 3.8) is 0 Å². The van der Waals surface area contributed by atoms with E-state index in [-0.39, 0.29) is 91.2 Å². The molecule has 0 unspecified atom stereocenters. The van der Waals surface area contributed by atoms with Gasteiger partial charge in [0.2, 0.25) is 17.1 Å². The van der Waals surface area contributed by atoms with Crippen LogP contribution in [0.25, 0.3) is 0 Å². The van der Waals surface area contributed by atoms with Gasteiger partial charge in [-0.1, -0.05) is 52.0 Å². The molecule has 0 aliphatic heterocycles. The summed E-state index contributed by atoms with van der Waals surface area (Å²) < 4.78 is 29.4. The van der Waals surface area contributed by atoms with E-state index in [0.29, 0.717) is 77.0 Å². The first-order valence-corrected chi connectivity index (χ1v) is 24.6. The van der Waals surface area contributed by atoms with E-state index in [0.717, 1.165) is 48.3 Å². The molecule has 4 aromatic heterocycles. The molecule has 4 heterocycles. The number of primary amides is 3. The Morgan fingerprint density at radius 1 is 0.435 bits per heavy atom. The third-order valence-corrected chi connectivity index (χ3v) is 12.5. The number of aromatic nitrogens is 9. The van der Waals surface area contributed by atoms with Gasteiger partial charge in [-0.05, 0) is 59.3 Å². The average Bonchev–Trinajstić information content (AvgIpc) is 4.11. The molecular formula is C39H57N15O12S3. The number of anilines is 3. The minimum Gasteiger partial charge on any atom is -0.461 e. The Balaban J connectivity index is 1.41. The van der Waals surface area contributed by atoms with E-state index < -0.39 is 53.1 Å². The number of urea groups is 3. The molecule has 378 valence electrons. The molecule has 0 spiro atoms. The Kier molecular flexibility index (Phi) is 22.2. The van der Waals surface area contributed by atoms with Gasteiger partial charge in [0.05, 0.1) is 19.8 Å². The smallest absolute Gasteiger partial charge is 0.362 e. The molecule has 69 heavy (non-hydrogen) atoms. The Labute approximate surface area is 407 Å². The molecule has 6 amide bonds. The number of amides is 6. The van der Waals surface area contributed by atoms with E-state index in [1.165, 1.54) is 14.7 Å². The lowest BCUT2D eigenvalue weighted by molar-refractivity contribution is 0.0510. The molecule has 4 aromatic rings. The van der Waals surface area contributed by atoms with Crippen LogP contribution in [0.2, 0.25) is 0 Å². The first-order chi connectivity index (χ1) is 33.2. The molecule has 0 saturated heterocycles. The topological polar surface area (TPSA) is 361 Å². The first-order valence-electron chi connectivity index (χ1n) is 22.3. The third-order valence-electron chi connectivity index (χ3n) is 10.3. The van der Waals surface area contributed by atoms with E-state index in [1.807, 2.05) is 0 Å². The molecule has 0 saturated carbocycles. The molecule has 0 radical (unpaired) electrons. The molecule has 0 aliphatic rings. The van der Waals surface area contributed by atoms with Crippen molar-refractivity contribution < 1.29 is 43.0 Å². The fourth-order valence-corrected chi connectivity index (χ4v) is 9.01. The van der Waals surface area contributed by atoms with Crippen molar-refractivity contribution in [2.45, 2.75) is 117 Å². The van der Waals surface area contributed by atoms with Gasteiger partial charge in [-0.2, -0.15) is 0 Å². The lowest BCUT2D eigenvalue weighted by atomic mass is 10.2. The van der Waals surface area contributed by atoms with Gasteiger partial charge in [0.15, 0.2) is 15.0 Å². The lowest BCUT2D eigenvalue weighted by Gasteiger charge is -2.19. The molecule has 0 aliphatic carbocycles. The number of carbonyl (C=O) groups is 6. The van der Waals surface area contributed by atoms with Gasteiger partial charge in [0.1, 0.15) is 0 Å². The van der Waals surface area contributed by atoms with E-state index in [9.17, 15) is 43.2 Å². The van der Waals surface area contributed by atoms with Crippen LogP contribution in [0.1, 0.15) is 129 Å². The fourth-order valence-electron chi connectivity index (χ4n) is 6.94. The van der Waals surface area contributed by atoms with E-state index in [2.05, 4.69) is 28.8 Å². The number of hydrogen-bond acceptors (Lipinski definition) is 21. The number of nitrogens with two attached hydrogens (primary N) is 3. The van der Waals surface area contributed by atoms with E-state index >= 15 is 0 Å². The summed E-state index contributed by atoms with van der Waals surface area (Å²) in [5.41, 5.74) is 14.2. The molecule has 4 rings (SSSR count). The predicted octanol–water partition coefficient (Wildman–Crippen LogP) is 2.69. The van der Waals surface area contributed by atoms with Crippen LogP contribution in [-0.2, 0) is 33.8 Å². The highest BCUT2D eigenvalue weighted by Gasteiger charge is 2.28. The number of hydrogen-bond donors (Lipinski definition) is 3. The molecule has 0 aromatic carbocycles. The minimum absolute atomic E-state index is 0.00437. The number of unbranched alkanes of at least 4 members (excludes halogenated alkanes) is 9. The van der Waals surface area contributed by atoms with Crippen LogP contribution in [0.3, 0.4) is 0 Å². The van der Waals surface area contributed by atoms with Crippen LogP contribution >= 0.6 is 34.6 Å². The van der Waals surface area contributed by atoms with Crippen molar-refractivity contribution >= 4 is 85.6 Å². The molecule has 0 fully saturated rings. The van der Waals surface area contributed by atoms with Crippen LogP contribution < -0.4 is 49.0 Å². The summed E-state index contributed by atoms with van der Waals surface area (Å²) in [6.45, 7) is 5.59. The Morgan fingerprint density at radius 2 is 0.681 bits per heavy atom. The maximum atomic E-state index is 13.8.